The van der Waals surface area contributed by atoms with Crippen molar-refractivity contribution in [1.82, 2.24) is 4.90 Å². The van der Waals surface area contributed by atoms with E-state index < -0.39 is 0 Å². The molecule has 0 radical (unpaired) electrons. The van der Waals surface area contributed by atoms with Gasteiger partial charge < -0.3 is 19.9 Å². The van der Waals surface area contributed by atoms with Gasteiger partial charge in [0.05, 0.1) is 16.4 Å². The molecular weight excluding hydrogens is 485 g/mol. The minimum atomic E-state index is -0.326. The summed E-state index contributed by atoms with van der Waals surface area (Å²) in [6.07, 6.45) is 3.43. The van der Waals surface area contributed by atoms with Crippen LogP contribution in [0.25, 0.3) is 6.08 Å². The molecule has 0 aliphatic carbocycles. The van der Waals surface area contributed by atoms with Crippen molar-refractivity contribution in [3.05, 3.63) is 94.5 Å². The Balaban J connectivity index is 1.35. The first-order valence-corrected chi connectivity index (χ1v) is 12.0. The summed E-state index contributed by atoms with van der Waals surface area (Å²) in [5.41, 5.74) is 2.42. The number of hydrogen-bond donors (Lipinski definition) is 1. The third-order valence-electron chi connectivity index (χ3n) is 5.58. The van der Waals surface area contributed by atoms with Crippen LogP contribution in [0, 0.1) is 0 Å². The summed E-state index contributed by atoms with van der Waals surface area (Å²) in [5, 5.41) is 3.84. The van der Waals surface area contributed by atoms with Crippen LogP contribution in [0.2, 0.25) is 10.0 Å². The molecule has 3 aromatic carbocycles. The minimum Gasteiger partial charge on any atom is -0.482 e. The van der Waals surface area contributed by atoms with Crippen molar-refractivity contribution in [2.75, 3.05) is 43.0 Å². The van der Waals surface area contributed by atoms with Gasteiger partial charge in [0, 0.05) is 37.3 Å². The van der Waals surface area contributed by atoms with E-state index in [2.05, 4.69) is 10.2 Å². The number of amides is 2. The number of benzene rings is 3. The Hall–Kier alpha value is -3.48. The number of hydrogen-bond acceptors (Lipinski definition) is 4. The molecular formula is C27H25Cl2N3O3. The van der Waals surface area contributed by atoms with Crippen LogP contribution in [0.1, 0.15) is 5.56 Å². The number of carbonyl (C=O) groups is 2. The lowest BCUT2D eigenvalue weighted by Crippen LogP contribution is -2.48. The number of anilines is 2. The third kappa shape index (κ3) is 6.78. The first-order chi connectivity index (χ1) is 17.0. The van der Waals surface area contributed by atoms with Gasteiger partial charge >= 0.3 is 0 Å². The fraction of sp³-hybridized carbons (Fsp3) is 0.185. The molecule has 0 spiro atoms. The summed E-state index contributed by atoms with van der Waals surface area (Å²) < 4.78 is 5.54. The van der Waals surface area contributed by atoms with Gasteiger partial charge in [-0.15, -0.1) is 0 Å². The molecule has 8 heteroatoms. The molecule has 3 aromatic rings. The van der Waals surface area contributed by atoms with Crippen molar-refractivity contribution in [2.45, 2.75) is 0 Å². The second-order valence-electron chi connectivity index (χ2n) is 7.99. The number of rotatable bonds is 7. The summed E-state index contributed by atoms with van der Waals surface area (Å²) in [5.74, 6) is 0.0980. The Kier molecular flexibility index (Phi) is 8.29. The molecule has 0 unspecified atom stereocenters. The zero-order valence-electron chi connectivity index (χ0n) is 19.0. The molecule has 1 fully saturated rings. The minimum absolute atomic E-state index is 0.0187. The molecule has 1 heterocycles. The molecule has 0 bridgehead atoms. The molecule has 1 saturated heterocycles. The second kappa shape index (κ2) is 11.8. The summed E-state index contributed by atoms with van der Waals surface area (Å²) in [6.45, 7) is 2.22. The Morgan fingerprint density at radius 2 is 1.63 bits per heavy atom. The van der Waals surface area contributed by atoms with E-state index in [4.69, 9.17) is 27.9 Å². The monoisotopic (exact) mass is 509 g/mol. The lowest BCUT2D eigenvalue weighted by atomic mass is 10.2. The molecule has 35 heavy (non-hydrogen) atoms. The number of para-hydroxylation sites is 1. The lowest BCUT2D eigenvalue weighted by molar-refractivity contribution is -0.126. The molecule has 6 nitrogen and oxygen atoms in total. The van der Waals surface area contributed by atoms with Crippen molar-refractivity contribution < 1.29 is 14.3 Å². The van der Waals surface area contributed by atoms with Crippen molar-refractivity contribution >= 4 is 52.5 Å². The maximum Gasteiger partial charge on any atom is 0.262 e. The van der Waals surface area contributed by atoms with Crippen molar-refractivity contribution in [3.8, 4) is 5.75 Å². The van der Waals surface area contributed by atoms with E-state index in [1.807, 2.05) is 47.4 Å². The van der Waals surface area contributed by atoms with Crippen molar-refractivity contribution in [3.63, 3.8) is 0 Å². The summed E-state index contributed by atoms with van der Waals surface area (Å²) in [6, 6.07) is 22.1. The highest BCUT2D eigenvalue weighted by Crippen LogP contribution is 2.30. The highest BCUT2D eigenvalue weighted by atomic mass is 35.5. The molecule has 0 saturated carbocycles. The van der Waals surface area contributed by atoms with E-state index in [0.717, 1.165) is 11.3 Å². The fourth-order valence-corrected chi connectivity index (χ4v) is 4.14. The average molecular weight is 510 g/mol. The number of carbonyl (C=O) groups excluding carboxylic acids is 2. The number of nitrogens with one attached hydrogen (secondary N) is 1. The van der Waals surface area contributed by atoms with Crippen LogP contribution < -0.4 is 15.0 Å². The standard InChI is InChI=1S/C27H25Cl2N3O3/c28-21-11-12-24(23(18-21)30-26(33)19-35-25-9-5-4-8-22(25)29)31-14-16-32(17-15-31)27(34)13-10-20-6-2-1-3-7-20/h1-13,18H,14-17,19H2,(H,30,33)/b13-10+. The third-order valence-corrected chi connectivity index (χ3v) is 6.13. The smallest absolute Gasteiger partial charge is 0.262 e. The van der Waals surface area contributed by atoms with Gasteiger partial charge in [0.15, 0.2) is 6.61 Å². The first kappa shape index (κ1) is 24.6. The van der Waals surface area contributed by atoms with Gasteiger partial charge in [-0.3, -0.25) is 9.59 Å². The second-order valence-corrected chi connectivity index (χ2v) is 8.83. The van der Waals surface area contributed by atoms with Gasteiger partial charge in [0.25, 0.3) is 5.91 Å². The molecule has 0 aromatic heterocycles. The Bertz CT molecular complexity index is 1210. The van der Waals surface area contributed by atoms with Crippen molar-refractivity contribution in [2.24, 2.45) is 0 Å². The normalized spacial score (nSPS) is 13.7. The molecule has 1 N–H and O–H groups in total. The van der Waals surface area contributed by atoms with Crippen LogP contribution in [0.3, 0.4) is 0 Å². The summed E-state index contributed by atoms with van der Waals surface area (Å²) in [4.78, 5) is 29.1. The van der Waals surface area contributed by atoms with E-state index in [-0.39, 0.29) is 18.4 Å². The van der Waals surface area contributed by atoms with E-state index in [1.165, 1.54) is 0 Å². The van der Waals surface area contributed by atoms with Crippen LogP contribution >= 0.6 is 23.2 Å². The predicted octanol–water partition coefficient (Wildman–Crippen LogP) is 5.37. The van der Waals surface area contributed by atoms with E-state index in [0.29, 0.717) is 47.7 Å². The molecule has 2 amide bonds. The molecule has 0 atom stereocenters. The van der Waals surface area contributed by atoms with Gasteiger partial charge in [0.2, 0.25) is 5.91 Å². The fourth-order valence-electron chi connectivity index (χ4n) is 3.78. The molecule has 1 aliphatic heterocycles. The molecule has 1 aliphatic rings. The van der Waals surface area contributed by atoms with E-state index >= 15 is 0 Å². The number of nitrogens with zero attached hydrogens (tertiary/aromatic N) is 2. The quantitative estimate of drug-likeness (QED) is 0.434. The number of halogens is 2. The van der Waals surface area contributed by atoms with Crippen LogP contribution in [0.15, 0.2) is 78.9 Å². The highest BCUT2D eigenvalue weighted by molar-refractivity contribution is 6.32. The molecule has 4 rings (SSSR count). The number of ether oxygens (including phenoxy) is 1. The van der Waals surface area contributed by atoms with E-state index in [9.17, 15) is 9.59 Å². The van der Waals surface area contributed by atoms with Gasteiger partial charge in [-0.1, -0.05) is 65.7 Å². The Labute approximate surface area is 214 Å². The maximum atomic E-state index is 12.6. The Morgan fingerprint density at radius 3 is 2.37 bits per heavy atom. The topological polar surface area (TPSA) is 61.9 Å². The number of piperazine rings is 1. The van der Waals surface area contributed by atoms with Gasteiger partial charge in [0.1, 0.15) is 5.75 Å². The lowest BCUT2D eigenvalue weighted by Gasteiger charge is -2.36. The zero-order chi connectivity index (χ0) is 24.6. The van der Waals surface area contributed by atoms with Gasteiger partial charge in [-0.05, 0) is 42.0 Å². The van der Waals surface area contributed by atoms with Gasteiger partial charge in [-0.25, -0.2) is 0 Å². The highest BCUT2D eigenvalue weighted by Gasteiger charge is 2.22. The van der Waals surface area contributed by atoms with Crippen LogP contribution in [-0.2, 0) is 9.59 Å². The zero-order valence-corrected chi connectivity index (χ0v) is 20.5. The van der Waals surface area contributed by atoms with Crippen molar-refractivity contribution in [1.29, 1.82) is 0 Å². The van der Waals surface area contributed by atoms with Crippen LogP contribution in [-0.4, -0.2) is 49.5 Å². The SMILES string of the molecule is O=C(COc1ccccc1Cl)Nc1cc(Cl)ccc1N1CCN(C(=O)/C=C/c2ccccc2)CC1. The summed E-state index contributed by atoms with van der Waals surface area (Å²) in [7, 11) is 0. The Morgan fingerprint density at radius 1 is 0.914 bits per heavy atom. The molecule has 180 valence electrons. The van der Waals surface area contributed by atoms with Crippen LogP contribution in [0.5, 0.6) is 5.75 Å². The largest absolute Gasteiger partial charge is 0.482 e. The van der Waals surface area contributed by atoms with E-state index in [1.54, 1.807) is 42.5 Å². The predicted molar refractivity (Wildman–Crippen MR) is 141 cm³/mol. The maximum absolute atomic E-state index is 12.6. The summed E-state index contributed by atoms with van der Waals surface area (Å²) >= 11 is 12.3. The van der Waals surface area contributed by atoms with Crippen LogP contribution in [0.4, 0.5) is 11.4 Å². The average Bonchev–Trinajstić information content (AvgIpc) is 2.88. The van der Waals surface area contributed by atoms with Gasteiger partial charge in [-0.2, -0.15) is 0 Å². The first-order valence-electron chi connectivity index (χ1n) is 11.2.